The van der Waals surface area contributed by atoms with Crippen LogP contribution in [0.15, 0.2) is 30.3 Å². The number of unbranched alkanes of at least 4 members (excludes halogenated alkanes) is 13. The summed E-state index contributed by atoms with van der Waals surface area (Å²) in [5.41, 5.74) is 0.607. The molecule has 0 spiro atoms. The first-order valence-electron chi connectivity index (χ1n) is 11.3. The minimum absolute atomic E-state index is 0.260. The third-order valence-corrected chi connectivity index (χ3v) is 5.02. The van der Waals surface area contributed by atoms with Crippen molar-refractivity contribution >= 4 is 5.97 Å². The molecule has 0 aromatic heterocycles. The average Bonchev–Trinajstić information content (AvgIpc) is 2.70. The van der Waals surface area contributed by atoms with Crippen molar-refractivity contribution in [2.45, 2.75) is 96.8 Å². The van der Waals surface area contributed by atoms with Crippen molar-refractivity contribution in [3.8, 4) is 0 Å². The van der Waals surface area contributed by atoms with Gasteiger partial charge in [-0.2, -0.15) is 0 Å². The molecule has 0 aliphatic rings. The van der Waals surface area contributed by atoms with Gasteiger partial charge < -0.3 is 4.74 Å². The van der Waals surface area contributed by atoms with Gasteiger partial charge in [0.05, 0.1) is 5.56 Å². The van der Waals surface area contributed by atoms with Crippen LogP contribution in [0, 0.1) is 0 Å². The third kappa shape index (κ3) is 14.4. The van der Waals surface area contributed by atoms with Gasteiger partial charge in [0.1, 0.15) is 6.73 Å². The minimum atomic E-state index is -0.260. The number of hydrogen-bond acceptors (Lipinski definition) is 3. The second-order valence-corrected chi connectivity index (χ2v) is 7.54. The van der Waals surface area contributed by atoms with Gasteiger partial charge in [-0.1, -0.05) is 109 Å². The van der Waals surface area contributed by atoms with E-state index >= 15 is 0 Å². The molecule has 0 unspecified atom stereocenters. The average molecular weight is 376 g/mol. The predicted octanol–water partition coefficient (Wildman–Crippen LogP) is 6.87. The maximum atomic E-state index is 11.7. The number of rotatable bonds is 18. The van der Waals surface area contributed by atoms with Crippen molar-refractivity contribution in [3.63, 3.8) is 0 Å². The van der Waals surface area contributed by atoms with E-state index in [1.54, 1.807) is 12.1 Å². The molecule has 1 rings (SSSR count). The fraction of sp³-hybridized carbons (Fsp3) is 0.708. The van der Waals surface area contributed by atoms with Crippen molar-refractivity contribution in [2.75, 3.05) is 13.3 Å². The molecule has 0 heterocycles. The van der Waals surface area contributed by atoms with Gasteiger partial charge in [-0.25, -0.2) is 4.79 Å². The largest absolute Gasteiger partial charge is 0.446 e. The van der Waals surface area contributed by atoms with Crippen LogP contribution in [0.2, 0.25) is 0 Å². The number of esters is 1. The maximum Gasteiger partial charge on any atom is 0.339 e. The van der Waals surface area contributed by atoms with Crippen LogP contribution in [0.5, 0.6) is 0 Å². The quantitative estimate of drug-likeness (QED) is 0.173. The number of carbonyl (C=O) groups excluding carboxylic acids is 1. The van der Waals surface area contributed by atoms with E-state index in [0.717, 1.165) is 13.0 Å². The molecule has 0 aliphatic heterocycles. The minimum Gasteiger partial charge on any atom is -0.446 e. The van der Waals surface area contributed by atoms with E-state index in [4.69, 9.17) is 4.74 Å². The van der Waals surface area contributed by atoms with Gasteiger partial charge in [-0.3, -0.25) is 5.32 Å². The smallest absolute Gasteiger partial charge is 0.339 e. The fourth-order valence-electron chi connectivity index (χ4n) is 3.29. The van der Waals surface area contributed by atoms with Crippen LogP contribution in [0.1, 0.15) is 107 Å². The van der Waals surface area contributed by atoms with E-state index in [2.05, 4.69) is 12.2 Å². The molecule has 154 valence electrons. The summed E-state index contributed by atoms with van der Waals surface area (Å²) in [5, 5.41) is 3.19. The Kier molecular flexibility index (Phi) is 15.8. The first-order valence-corrected chi connectivity index (χ1v) is 11.3. The molecule has 1 N–H and O–H groups in total. The first kappa shape index (κ1) is 23.7. The van der Waals surface area contributed by atoms with Crippen LogP contribution in [0.4, 0.5) is 0 Å². The van der Waals surface area contributed by atoms with E-state index in [1.807, 2.05) is 18.2 Å². The van der Waals surface area contributed by atoms with Gasteiger partial charge in [0, 0.05) is 0 Å². The van der Waals surface area contributed by atoms with Crippen molar-refractivity contribution in [1.29, 1.82) is 0 Å². The van der Waals surface area contributed by atoms with E-state index in [-0.39, 0.29) is 5.97 Å². The zero-order chi connectivity index (χ0) is 19.4. The van der Waals surface area contributed by atoms with Crippen molar-refractivity contribution < 1.29 is 9.53 Å². The molecule has 0 fully saturated rings. The number of nitrogens with one attached hydrogen (secondary N) is 1. The Hall–Kier alpha value is -1.35. The summed E-state index contributed by atoms with van der Waals surface area (Å²) >= 11 is 0. The third-order valence-electron chi connectivity index (χ3n) is 5.02. The number of ether oxygens (including phenoxy) is 1. The SMILES string of the molecule is CCCCCCCCCCCCCCCCNCOC(=O)c1ccccc1. The Morgan fingerprint density at radius 2 is 1.22 bits per heavy atom. The zero-order valence-electron chi connectivity index (χ0n) is 17.5. The summed E-state index contributed by atoms with van der Waals surface area (Å²) in [6.45, 7) is 3.49. The van der Waals surface area contributed by atoms with Gasteiger partial charge in [-0.15, -0.1) is 0 Å². The molecular formula is C24H41NO2. The van der Waals surface area contributed by atoms with Crippen LogP contribution in [0.25, 0.3) is 0 Å². The van der Waals surface area contributed by atoms with Crippen LogP contribution < -0.4 is 5.32 Å². The normalized spacial score (nSPS) is 10.9. The Balaban J connectivity index is 1.75. The van der Waals surface area contributed by atoms with Gasteiger partial charge in [0.25, 0.3) is 0 Å². The van der Waals surface area contributed by atoms with E-state index < -0.39 is 0 Å². The summed E-state index contributed by atoms with van der Waals surface area (Å²) in [4.78, 5) is 11.7. The Morgan fingerprint density at radius 3 is 1.74 bits per heavy atom. The zero-order valence-corrected chi connectivity index (χ0v) is 17.5. The number of benzene rings is 1. The monoisotopic (exact) mass is 375 g/mol. The van der Waals surface area contributed by atoms with Gasteiger partial charge in [0.15, 0.2) is 0 Å². The molecule has 3 nitrogen and oxygen atoms in total. The summed E-state index contributed by atoms with van der Waals surface area (Å²) in [5.74, 6) is -0.260. The summed E-state index contributed by atoms with van der Waals surface area (Å²) in [7, 11) is 0. The van der Waals surface area contributed by atoms with E-state index in [0.29, 0.717) is 12.3 Å². The van der Waals surface area contributed by atoms with Crippen molar-refractivity contribution in [1.82, 2.24) is 5.32 Å². The van der Waals surface area contributed by atoms with Crippen molar-refractivity contribution in [2.24, 2.45) is 0 Å². The lowest BCUT2D eigenvalue weighted by atomic mass is 10.0. The van der Waals surface area contributed by atoms with Gasteiger partial charge in [0.2, 0.25) is 0 Å². The highest BCUT2D eigenvalue weighted by Gasteiger charge is 2.04. The molecule has 0 amide bonds. The highest BCUT2D eigenvalue weighted by molar-refractivity contribution is 5.89. The molecule has 0 bridgehead atoms. The molecule has 3 heteroatoms. The Morgan fingerprint density at radius 1 is 0.741 bits per heavy atom. The molecule has 0 saturated carbocycles. The maximum absolute atomic E-state index is 11.7. The lowest BCUT2D eigenvalue weighted by molar-refractivity contribution is 0.0472. The standard InChI is InChI=1S/C24H41NO2/c1-2-3-4-5-6-7-8-9-10-11-12-13-14-18-21-25-22-27-24(26)23-19-16-15-17-20-23/h15-17,19-20,25H,2-14,18,21-22H2,1H3. The Labute approximate surface area is 167 Å². The lowest BCUT2D eigenvalue weighted by Crippen LogP contribution is -2.21. The summed E-state index contributed by atoms with van der Waals surface area (Å²) in [6, 6.07) is 9.13. The highest BCUT2D eigenvalue weighted by Crippen LogP contribution is 2.12. The molecule has 0 atom stereocenters. The summed E-state index contributed by atoms with van der Waals surface area (Å²) in [6.07, 6.45) is 19.2. The van der Waals surface area contributed by atoms with Crippen molar-refractivity contribution in [3.05, 3.63) is 35.9 Å². The topological polar surface area (TPSA) is 38.3 Å². The lowest BCUT2D eigenvalue weighted by Gasteiger charge is -2.07. The second-order valence-electron chi connectivity index (χ2n) is 7.54. The second kappa shape index (κ2) is 18.0. The van der Waals surface area contributed by atoms with Gasteiger partial charge >= 0.3 is 5.97 Å². The molecular weight excluding hydrogens is 334 g/mol. The van der Waals surface area contributed by atoms with Gasteiger partial charge in [-0.05, 0) is 25.1 Å². The summed E-state index contributed by atoms with van der Waals surface area (Å²) < 4.78 is 5.20. The van der Waals surface area contributed by atoms with Crippen LogP contribution in [-0.4, -0.2) is 19.2 Å². The molecule has 27 heavy (non-hydrogen) atoms. The molecule has 1 aromatic rings. The molecule has 0 radical (unpaired) electrons. The number of carbonyl (C=O) groups is 1. The van der Waals surface area contributed by atoms with E-state index in [9.17, 15) is 4.79 Å². The first-order chi connectivity index (χ1) is 13.3. The highest BCUT2D eigenvalue weighted by atomic mass is 16.5. The van der Waals surface area contributed by atoms with Crippen LogP contribution >= 0.6 is 0 Å². The Bertz CT molecular complexity index is 447. The molecule has 0 saturated heterocycles. The van der Waals surface area contributed by atoms with E-state index in [1.165, 1.54) is 83.5 Å². The molecule has 0 aliphatic carbocycles. The molecule has 1 aromatic carbocycles. The van der Waals surface area contributed by atoms with Crippen LogP contribution in [-0.2, 0) is 4.74 Å². The number of hydrogen-bond donors (Lipinski definition) is 1. The fourth-order valence-corrected chi connectivity index (χ4v) is 3.29. The van der Waals surface area contributed by atoms with Crippen LogP contribution in [0.3, 0.4) is 0 Å². The predicted molar refractivity (Wildman–Crippen MR) is 115 cm³/mol.